The van der Waals surface area contributed by atoms with Gasteiger partial charge in [-0.2, -0.15) is 0 Å². The fourth-order valence-corrected chi connectivity index (χ4v) is 2.25. The molecular formula is C14H17Cl2NOS. The maximum Gasteiger partial charge on any atom is 0.0967 e. The SMILES string of the molecule is Cc1nc(CCc2ccc(CO)cc2)cs1.ClCCl. The number of hydrogen-bond acceptors (Lipinski definition) is 3. The highest BCUT2D eigenvalue weighted by molar-refractivity contribution is 7.09. The van der Waals surface area contributed by atoms with Crippen LogP contribution in [0.2, 0.25) is 0 Å². The smallest absolute Gasteiger partial charge is 0.0967 e. The van der Waals surface area contributed by atoms with E-state index in [1.807, 2.05) is 19.1 Å². The number of aliphatic hydroxyl groups excluding tert-OH is 1. The predicted octanol–water partition coefficient (Wildman–Crippen LogP) is 4.15. The minimum Gasteiger partial charge on any atom is -0.392 e. The first-order valence-electron chi connectivity index (χ1n) is 5.91. The largest absolute Gasteiger partial charge is 0.392 e. The Kier molecular flexibility index (Phi) is 8.07. The summed E-state index contributed by atoms with van der Waals surface area (Å²) in [6.45, 7) is 2.15. The van der Waals surface area contributed by atoms with Crippen molar-refractivity contribution in [2.75, 3.05) is 5.34 Å². The van der Waals surface area contributed by atoms with E-state index in [4.69, 9.17) is 28.3 Å². The van der Waals surface area contributed by atoms with Gasteiger partial charge in [-0.3, -0.25) is 0 Å². The second-order valence-corrected chi connectivity index (χ2v) is 5.80. The van der Waals surface area contributed by atoms with Gasteiger partial charge in [0.2, 0.25) is 0 Å². The molecule has 5 heteroatoms. The number of aromatic nitrogens is 1. The quantitative estimate of drug-likeness (QED) is 0.859. The minimum absolute atomic E-state index is 0.117. The zero-order chi connectivity index (χ0) is 14.1. The summed E-state index contributed by atoms with van der Waals surface area (Å²) in [6, 6.07) is 8.10. The van der Waals surface area contributed by atoms with E-state index in [0.29, 0.717) is 0 Å². The van der Waals surface area contributed by atoms with E-state index >= 15 is 0 Å². The molecule has 0 aliphatic heterocycles. The molecular weight excluding hydrogens is 301 g/mol. The first-order valence-corrected chi connectivity index (χ1v) is 7.86. The van der Waals surface area contributed by atoms with Crippen LogP contribution in [-0.4, -0.2) is 15.4 Å². The highest BCUT2D eigenvalue weighted by Crippen LogP contribution is 2.12. The molecule has 0 spiro atoms. The van der Waals surface area contributed by atoms with E-state index in [1.54, 1.807) is 11.3 Å². The molecule has 19 heavy (non-hydrogen) atoms. The predicted molar refractivity (Wildman–Crippen MR) is 83.2 cm³/mol. The molecule has 2 rings (SSSR count). The average Bonchev–Trinajstić information content (AvgIpc) is 2.84. The molecule has 2 aromatic rings. The van der Waals surface area contributed by atoms with E-state index in [2.05, 4.69) is 22.5 Å². The van der Waals surface area contributed by atoms with Crippen LogP contribution >= 0.6 is 34.5 Å². The highest BCUT2D eigenvalue weighted by atomic mass is 35.5. The normalized spacial score (nSPS) is 9.89. The fourth-order valence-electron chi connectivity index (χ4n) is 1.61. The Hall–Kier alpha value is -0.610. The molecule has 2 nitrogen and oxygen atoms in total. The Bertz CT molecular complexity index is 471. The summed E-state index contributed by atoms with van der Waals surface area (Å²) in [5, 5.41) is 12.4. The Morgan fingerprint density at radius 3 is 2.16 bits per heavy atom. The molecule has 0 saturated carbocycles. The molecule has 1 aromatic carbocycles. The number of rotatable bonds is 4. The number of hydrogen-bond donors (Lipinski definition) is 1. The second kappa shape index (κ2) is 9.32. The van der Waals surface area contributed by atoms with Crippen molar-refractivity contribution >= 4 is 34.5 Å². The number of aliphatic hydroxyl groups is 1. The fraction of sp³-hybridized carbons (Fsp3) is 0.357. The molecule has 1 aromatic heterocycles. The number of alkyl halides is 2. The number of aryl methyl sites for hydroxylation is 3. The van der Waals surface area contributed by atoms with Crippen LogP contribution in [0.5, 0.6) is 0 Å². The summed E-state index contributed by atoms with van der Waals surface area (Å²) in [5.41, 5.74) is 3.44. The molecule has 0 radical (unpaired) electrons. The van der Waals surface area contributed by atoms with Crippen LogP contribution in [0.3, 0.4) is 0 Å². The van der Waals surface area contributed by atoms with Gasteiger partial charge in [0.15, 0.2) is 0 Å². The van der Waals surface area contributed by atoms with E-state index in [9.17, 15) is 0 Å². The Labute approximate surface area is 128 Å². The molecule has 0 atom stereocenters. The van der Waals surface area contributed by atoms with Crippen molar-refractivity contribution in [2.24, 2.45) is 0 Å². The molecule has 1 heterocycles. The lowest BCUT2D eigenvalue weighted by Gasteiger charge is -2.01. The van der Waals surface area contributed by atoms with Crippen molar-refractivity contribution in [2.45, 2.75) is 26.4 Å². The van der Waals surface area contributed by atoms with Crippen molar-refractivity contribution in [1.29, 1.82) is 0 Å². The van der Waals surface area contributed by atoms with E-state index < -0.39 is 0 Å². The summed E-state index contributed by atoms with van der Waals surface area (Å²) in [4.78, 5) is 4.44. The monoisotopic (exact) mass is 317 g/mol. The van der Waals surface area contributed by atoms with Crippen molar-refractivity contribution in [3.63, 3.8) is 0 Å². The Morgan fingerprint density at radius 1 is 1.11 bits per heavy atom. The highest BCUT2D eigenvalue weighted by Gasteiger charge is 1.99. The number of benzene rings is 1. The van der Waals surface area contributed by atoms with Crippen molar-refractivity contribution < 1.29 is 5.11 Å². The van der Waals surface area contributed by atoms with Crippen LogP contribution in [0.25, 0.3) is 0 Å². The zero-order valence-electron chi connectivity index (χ0n) is 10.8. The van der Waals surface area contributed by atoms with Crippen molar-refractivity contribution in [1.82, 2.24) is 4.98 Å². The van der Waals surface area contributed by atoms with Gasteiger partial charge in [-0.25, -0.2) is 4.98 Å². The molecule has 0 saturated heterocycles. The summed E-state index contributed by atoms with van der Waals surface area (Å²) >= 11 is 11.2. The maximum absolute atomic E-state index is 8.93. The number of nitrogens with zero attached hydrogens (tertiary/aromatic N) is 1. The van der Waals surface area contributed by atoms with Gasteiger partial charge in [0.05, 0.1) is 22.6 Å². The summed E-state index contributed by atoms with van der Waals surface area (Å²) in [6.07, 6.45) is 2.00. The van der Waals surface area contributed by atoms with Crippen molar-refractivity contribution in [3.05, 3.63) is 51.5 Å². The van der Waals surface area contributed by atoms with Gasteiger partial charge in [0.25, 0.3) is 0 Å². The van der Waals surface area contributed by atoms with Gasteiger partial charge in [0, 0.05) is 5.38 Å². The van der Waals surface area contributed by atoms with Gasteiger partial charge in [-0.15, -0.1) is 34.5 Å². The molecule has 0 bridgehead atoms. The number of thiazole rings is 1. The van der Waals surface area contributed by atoms with Gasteiger partial charge in [0.1, 0.15) is 0 Å². The first-order chi connectivity index (χ1) is 9.19. The van der Waals surface area contributed by atoms with Gasteiger partial charge < -0.3 is 5.11 Å². The lowest BCUT2D eigenvalue weighted by molar-refractivity contribution is 0.282. The third-order valence-corrected chi connectivity index (χ3v) is 3.36. The Balaban J connectivity index is 0.000000550. The van der Waals surface area contributed by atoms with E-state index in [0.717, 1.165) is 23.4 Å². The van der Waals surface area contributed by atoms with Crippen LogP contribution in [0.15, 0.2) is 29.6 Å². The van der Waals surface area contributed by atoms with Gasteiger partial charge >= 0.3 is 0 Å². The third kappa shape index (κ3) is 6.39. The molecule has 104 valence electrons. The molecule has 0 unspecified atom stereocenters. The number of halogens is 2. The van der Waals surface area contributed by atoms with E-state index in [-0.39, 0.29) is 11.9 Å². The topological polar surface area (TPSA) is 33.1 Å². The molecule has 1 N–H and O–H groups in total. The zero-order valence-corrected chi connectivity index (χ0v) is 13.1. The summed E-state index contributed by atoms with van der Waals surface area (Å²) in [7, 11) is 0. The van der Waals surface area contributed by atoms with Crippen molar-refractivity contribution in [3.8, 4) is 0 Å². The lowest BCUT2D eigenvalue weighted by atomic mass is 10.1. The second-order valence-electron chi connectivity index (χ2n) is 3.93. The van der Waals surface area contributed by atoms with Crippen LogP contribution < -0.4 is 0 Å². The third-order valence-electron chi connectivity index (χ3n) is 2.54. The maximum atomic E-state index is 8.93. The summed E-state index contributed by atoms with van der Waals surface area (Å²) < 4.78 is 0. The van der Waals surface area contributed by atoms with Crippen LogP contribution in [0, 0.1) is 6.92 Å². The average molecular weight is 318 g/mol. The lowest BCUT2D eigenvalue weighted by Crippen LogP contribution is -1.92. The molecule has 0 aliphatic carbocycles. The van der Waals surface area contributed by atoms with Crippen LogP contribution in [-0.2, 0) is 19.4 Å². The van der Waals surface area contributed by atoms with Gasteiger partial charge in [-0.05, 0) is 30.9 Å². The first kappa shape index (κ1) is 16.4. The molecule has 0 amide bonds. The molecule has 0 aliphatic rings. The Morgan fingerprint density at radius 2 is 1.68 bits per heavy atom. The summed E-state index contributed by atoms with van der Waals surface area (Å²) in [5.74, 6) is 0. The van der Waals surface area contributed by atoms with E-state index in [1.165, 1.54) is 11.3 Å². The standard InChI is InChI=1S/C13H15NOS.CH2Cl2/c1-10-14-13(9-16-10)7-6-11-2-4-12(8-15)5-3-11;2-1-3/h2-5,9,15H,6-8H2,1H3;1H2. The van der Waals surface area contributed by atoms with Crippen LogP contribution in [0.4, 0.5) is 0 Å². The minimum atomic E-state index is 0.117. The van der Waals surface area contributed by atoms with Gasteiger partial charge in [-0.1, -0.05) is 24.3 Å². The molecule has 0 fully saturated rings. The van der Waals surface area contributed by atoms with Crippen LogP contribution in [0.1, 0.15) is 21.8 Å².